The number of carbonyl (C=O) groups excluding carboxylic acids is 1. The van der Waals surface area contributed by atoms with E-state index >= 15 is 0 Å². The molecule has 0 aliphatic carbocycles. The highest BCUT2D eigenvalue weighted by molar-refractivity contribution is 7.22. The lowest BCUT2D eigenvalue weighted by Crippen LogP contribution is -2.35. The topological polar surface area (TPSA) is 79.6 Å². The standard InChI is InChI=1S/C22H24N4O3S/c1-4-16-7-11-19-20(15-16)30-22(23-19)25(14-13-24(2)3)21(27)12-8-17-5-9-18(10-6-17)26(28)29/h5-12,15H,4,13-14H2,1-3H3/b12-8-. The highest BCUT2D eigenvalue weighted by Crippen LogP contribution is 2.30. The van der Waals surface area contributed by atoms with Gasteiger partial charge in [0.15, 0.2) is 5.13 Å². The molecule has 7 nitrogen and oxygen atoms in total. The van der Waals surface area contributed by atoms with Crippen LogP contribution in [0.2, 0.25) is 0 Å². The molecular weight excluding hydrogens is 400 g/mol. The molecule has 0 spiro atoms. The van der Waals surface area contributed by atoms with Gasteiger partial charge in [0, 0.05) is 31.3 Å². The number of amides is 1. The predicted molar refractivity (Wildman–Crippen MR) is 122 cm³/mol. The number of non-ortho nitro benzene ring substituents is 1. The van der Waals surface area contributed by atoms with Crippen molar-refractivity contribution in [2.75, 3.05) is 32.1 Å². The molecule has 1 heterocycles. The first kappa shape index (κ1) is 21.6. The van der Waals surface area contributed by atoms with E-state index in [2.05, 4.69) is 24.0 Å². The molecular formula is C22H24N4O3S. The van der Waals surface area contributed by atoms with E-state index in [0.717, 1.165) is 22.2 Å². The summed E-state index contributed by atoms with van der Waals surface area (Å²) in [6.45, 7) is 3.32. The molecule has 2 aromatic carbocycles. The zero-order valence-electron chi connectivity index (χ0n) is 17.2. The summed E-state index contributed by atoms with van der Waals surface area (Å²) >= 11 is 1.51. The molecule has 3 rings (SSSR count). The Bertz CT molecular complexity index is 1070. The van der Waals surface area contributed by atoms with Gasteiger partial charge in [-0.15, -0.1) is 0 Å². The largest absolute Gasteiger partial charge is 0.308 e. The first-order valence-corrected chi connectivity index (χ1v) is 10.5. The number of aromatic nitrogens is 1. The summed E-state index contributed by atoms with van der Waals surface area (Å²) in [6, 6.07) is 12.3. The van der Waals surface area contributed by atoms with Gasteiger partial charge < -0.3 is 4.90 Å². The van der Waals surface area contributed by atoms with E-state index in [1.54, 1.807) is 23.1 Å². The van der Waals surface area contributed by atoms with Crippen molar-refractivity contribution in [1.82, 2.24) is 9.88 Å². The predicted octanol–water partition coefficient (Wildman–Crippen LogP) is 4.37. The van der Waals surface area contributed by atoms with Gasteiger partial charge in [-0.25, -0.2) is 4.98 Å². The van der Waals surface area contributed by atoms with Crippen molar-refractivity contribution in [2.24, 2.45) is 0 Å². The molecule has 156 valence electrons. The molecule has 8 heteroatoms. The van der Waals surface area contributed by atoms with E-state index in [9.17, 15) is 14.9 Å². The fourth-order valence-corrected chi connectivity index (χ4v) is 3.92. The molecule has 0 saturated heterocycles. The lowest BCUT2D eigenvalue weighted by Gasteiger charge is -2.20. The van der Waals surface area contributed by atoms with E-state index in [-0.39, 0.29) is 11.6 Å². The number of nitro benzene ring substituents is 1. The summed E-state index contributed by atoms with van der Waals surface area (Å²) in [6.07, 6.45) is 4.10. The Labute approximate surface area is 179 Å². The molecule has 0 fully saturated rings. The van der Waals surface area contributed by atoms with Crippen molar-refractivity contribution in [2.45, 2.75) is 13.3 Å². The second-order valence-corrected chi connectivity index (χ2v) is 8.14. The van der Waals surface area contributed by atoms with Gasteiger partial charge in [0.25, 0.3) is 11.6 Å². The van der Waals surface area contributed by atoms with Gasteiger partial charge in [0.2, 0.25) is 0 Å². The molecule has 1 amide bonds. The van der Waals surface area contributed by atoms with Gasteiger partial charge in [-0.1, -0.05) is 24.3 Å². The number of nitrogens with zero attached hydrogens (tertiary/aromatic N) is 4. The van der Waals surface area contributed by atoms with Crippen LogP contribution in [0.3, 0.4) is 0 Å². The van der Waals surface area contributed by atoms with Crippen LogP contribution in [-0.2, 0) is 11.2 Å². The minimum atomic E-state index is -0.446. The monoisotopic (exact) mass is 424 g/mol. The molecule has 3 aromatic rings. The van der Waals surface area contributed by atoms with Crippen molar-refractivity contribution in [1.29, 1.82) is 0 Å². The Morgan fingerprint density at radius 1 is 1.17 bits per heavy atom. The maximum absolute atomic E-state index is 13.0. The number of nitro groups is 1. The van der Waals surface area contributed by atoms with Gasteiger partial charge >= 0.3 is 0 Å². The summed E-state index contributed by atoms with van der Waals surface area (Å²) in [4.78, 5) is 31.7. The minimum Gasteiger partial charge on any atom is -0.308 e. The van der Waals surface area contributed by atoms with Gasteiger partial charge in [-0.05, 0) is 62.0 Å². The molecule has 0 atom stereocenters. The van der Waals surface area contributed by atoms with Crippen LogP contribution in [0.4, 0.5) is 10.8 Å². The SMILES string of the molecule is CCc1ccc2nc(N(CCN(C)C)C(=O)/C=C\c3ccc([N+](=O)[O-])cc3)sc2c1. The molecule has 0 aliphatic rings. The molecule has 0 bridgehead atoms. The molecule has 30 heavy (non-hydrogen) atoms. The van der Waals surface area contributed by atoms with E-state index in [4.69, 9.17) is 0 Å². The number of anilines is 1. The number of likely N-dealkylation sites (N-methyl/N-ethyl adjacent to an activating group) is 1. The number of aryl methyl sites for hydroxylation is 1. The molecule has 0 N–H and O–H groups in total. The fraction of sp³-hybridized carbons (Fsp3) is 0.273. The molecule has 0 unspecified atom stereocenters. The molecule has 1 aromatic heterocycles. The summed E-state index contributed by atoms with van der Waals surface area (Å²) in [5, 5.41) is 11.4. The average molecular weight is 425 g/mol. The average Bonchev–Trinajstić information content (AvgIpc) is 3.15. The van der Waals surface area contributed by atoms with Crippen LogP contribution in [0, 0.1) is 10.1 Å². The van der Waals surface area contributed by atoms with Gasteiger partial charge in [-0.3, -0.25) is 19.8 Å². The molecule has 0 aliphatic heterocycles. The minimum absolute atomic E-state index is 0.0204. The second-order valence-electron chi connectivity index (χ2n) is 7.13. The number of hydrogen-bond acceptors (Lipinski definition) is 6. The summed E-state index contributed by atoms with van der Waals surface area (Å²) < 4.78 is 1.06. The van der Waals surface area contributed by atoms with Crippen molar-refractivity contribution >= 4 is 44.4 Å². The van der Waals surface area contributed by atoms with Crippen molar-refractivity contribution < 1.29 is 9.72 Å². The van der Waals surface area contributed by atoms with Gasteiger partial charge in [0.05, 0.1) is 15.1 Å². The van der Waals surface area contributed by atoms with Crippen LogP contribution < -0.4 is 4.90 Å². The summed E-state index contributed by atoms with van der Waals surface area (Å²) in [5.41, 5.74) is 2.86. The van der Waals surface area contributed by atoms with Crippen LogP contribution in [0.15, 0.2) is 48.5 Å². The van der Waals surface area contributed by atoms with Crippen molar-refractivity contribution in [3.8, 4) is 0 Å². The third-order valence-corrected chi connectivity index (χ3v) is 5.68. The fourth-order valence-electron chi connectivity index (χ4n) is 2.86. The molecule has 0 saturated carbocycles. The van der Waals surface area contributed by atoms with E-state index in [0.29, 0.717) is 18.2 Å². The van der Waals surface area contributed by atoms with Crippen molar-refractivity contribution in [3.05, 3.63) is 69.8 Å². The number of thiazole rings is 1. The Kier molecular flexibility index (Phi) is 6.91. The maximum Gasteiger partial charge on any atom is 0.269 e. The Balaban J connectivity index is 1.85. The third kappa shape index (κ3) is 5.28. The van der Waals surface area contributed by atoms with E-state index in [1.165, 1.54) is 35.1 Å². The van der Waals surface area contributed by atoms with Crippen LogP contribution >= 0.6 is 11.3 Å². The lowest BCUT2D eigenvalue weighted by atomic mass is 10.2. The smallest absolute Gasteiger partial charge is 0.269 e. The van der Waals surface area contributed by atoms with Crippen LogP contribution in [0.25, 0.3) is 16.3 Å². The van der Waals surface area contributed by atoms with Crippen LogP contribution in [-0.4, -0.2) is 47.9 Å². The lowest BCUT2D eigenvalue weighted by molar-refractivity contribution is -0.384. The number of rotatable bonds is 8. The molecule has 0 radical (unpaired) electrons. The third-order valence-electron chi connectivity index (χ3n) is 4.64. The number of hydrogen-bond donors (Lipinski definition) is 0. The maximum atomic E-state index is 13.0. The first-order chi connectivity index (χ1) is 14.4. The zero-order chi connectivity index (χ0) is 21.7. The first-order valence-electron chi connectivity index (χ1n) is 9.65. The van der Waals surface area contributed by atoms with E-state index < -0.39 is 4.92 Å². The zero-order valence-corrected chi connectivity index (χ0v) is 18.1. The van der Waals surface area contributed by atoms with Crippen LogP contribution in [0.5, 0.6) is 0 Å². The van der Waals surface area contributed by atoms with Gasteiger partial charge in [-0.2, -0.15) is 0 Å². The number of fused-ring (bicyclic) bond motifs is 1. The Morgan fingerprint density at radius 3 is 2.53 bits per heavy atom. The Hall–Kier alpha value is -3.10. The quantitative estimate of drug-likeness (QED) is 0.305. The van der Waals surface area contributed by atoms with Gasteiger partial charge in [0.1, 0.15) is 0 Å². The Morgan fingerprint density at radius 2 is 1.90 bits per heavy atom. The highest BCUT2D eigenvalue weighted by atomic mass is 32.1. The van der Waals surface area contributed by atoms with Crippen LogP contribution in [0.1, 0.15) is 18.1 Å². The summed E-state index contributed by atoms with van der Waals surface area (Å²) in [7, 11) is 3.92. The number of carbonyl (C=O) groups is 1. The number of benzene rings is 2. The van der Waals surface area contributed by atoms with Crippen molar-refractivity contribution in [3.63, 3.8) is 0 Å². The second kappa shape index (κ2) is 9.60. The summed E-state index contributed by atoms with van der Waals surface area (Å²) in [5.74, 6) is -0.176. The van der Waals surface area contributed by atoms with E-state index in [1.807, 2.05) is 25.1 Å². The highest BCUT2D eigenvalue weighted by Gasteiger charge is 2.18. The normalized spacial score (nSPS) is 11.5.